The van der Waals surface area contributed by atoms with Crippen LogP contribution in [0.4, 0.5) is 0 Å². The molecule has 98 valence electrons. The van der Waals surface area contributed by atoms with Crippen LogP contribution in [0.15, 0.2) is 0 Å². The SMILES string of the molecule is CC(N)(CN1CCC[C@H]2CCCC[C@H]21)C(=O)O. The highest BCUT2D eigenvalue weighted by Gasteiger charge is 2.38. The van der Waals surface area contributed by atoms with Crippen molar-refractivity contribution in [3.63, 3.8) is 0 Å². The largest absolute Gasteiger partial charge is 0.480 e. The van der Waals surface area contributed by atoms with E-state index in [9.17, 15) is 4.79 Å². The molecule has 2 rings (SSSR count). The molecule has 0 bridgehead atoms. The molecular formula is C13H24N2O2. The van der Waals surface area contributed by atoms with Crippen molar-refractivity contribution in [2.45, 2.75) is 57.0 Å². The van der Waals surface area contributed by atoms with Crippen molar-refractivity contribution >= 4 is 5.97 Å². The summed E-state index contributed by atoms with van der Waals surface area (Å²) < 4.78 is 0. The molecule has 0 aromatic rings. The van der Waals surface area contributed by atoms with E-state index in [4.69, 9.17) is 10.8 Å². The molecule has 1 saturated heterocycles. The average Bonchev–Trinajstić information content (AvgIpc) is 2.29. The fraction of sp³-hybridized carbons (Fsp3) is 0.923. The van der Waals surface area contributed by atoms with Crippen LogP contribution in [-0.4, -0.2) is 40.6 Å². The first kappa shape index (κ1) is 12.8. The first-order valence-electron chi connectivity index (χ1n) is 6.77. The molecule has 3 atom stereocenters. The summed E-state index contributed by atoms with van der Waals surface area (Å²) in [6, 6.07) is 0.583. The van der Waals surface area contributed by atoms with Crippen molar-refractivity contribution in [1.82, 2.24) is 4.90 Å². The first-order valence-corrected chi connectivity index (χ1v) is 6.77. The van der Waals surface area contributed by atoms with Crippen molar-refractivity contribution in [3.05, 3.63) is 0 Å². The normalized spacial score (nSPS) is 33.8. The predicted molar refractivity (Wildman–Crippen MR) is 66.8 cm³/mol. The number of carboxylic acids is 1. The Kier molecular flexibility index (Phi) is 3.73. The Hall–Kier alpha value is -0.610. The Morgan fingerprint density at radius 3 is 2.71 bits per heavy atom. The second-order valence-electron chi connectivity index (χ2n) is 5.95. The van der Waals surface area contributed by atoms with Crippen molar-refractivity contribution in [3.8, 4) is 0 Å². The van der Waals surface area contributed by atoms with E-state index in [-0.39, 0.29) is 0 Å². The summed E-state index contributed by atoms with van der Waals surface area (Å²) in [7, 11) is 0. The molecule has 0 spiro atoms. The fourth-order valence-corrected chi connectivity index (χ4v) is 3.41. The van der Waals surface area contributed by atoms with Gasteiger partial charge >= 0.3 is 5.97 Å². The lowest BCUT2D eigenvalue weighted by Gasteiger charge is -2.46. The van der Waals surface area contributed by atoms with E-state index in [2.05, 4.69) is 4.90 Å². The van der Waals surface area contributed by atoms with Gasteiger partial charge in [-0.25, -0.2) is 0 Å². The van der Waals surface area contributed by atoms with Gasteiger partial charge in [-0.3, -0.25) is 9.69 Å². The highest BCUT2D eigenvalue weighted by Crippen LogP contribution is 2.35. The topological polar surface area (TPSA) is 66.6 Å². The number of hydrogen-bond acceptors (Lipinski definition) is 3. The molecule has 1 saturated carbocycles. The molecule has 0 aromatic heterocycles. The van der Waals surface area contributed by atoms with Crippen LogP contribution in [0.3, 0.4) is 0 Å². The van der Waals surface area contributed by atoms with Crippen LogP contribution in [-0.2, 0) is 4.79 Å². The minimum absolute atomic E-state index is 0.490. The number of fused-ring (bicyclic) bond motifs is 1. The fourth-order valence-electron chi connectivity index (χ4n) is 3.41. The van der Waals surface area contributed by atoms with Crippen LogP contribution in [0.2, 0.25) is 0 Å². The van der Waals surface area contributed by atoms with Crippen molar-refractivity contribution in [1.29, 1.82) is 0 Å². The quantitative estimate of drug-likeness (QED) is 0.783. The van der Waals surface area contributed by atoms with E-state index in [0.717, 1.165) is 12.5 Å². The highest BCUT2D eigenvalue weighted by molar-refractivity contribution is 5.78. The number of nitrogens with zero attached hydrogens (tertiary/aromatic N) is 1. The van der Waals surface area contributed by atoms with Gasteiger partial charge in [0.05, 0.1) is 0 Å². The van der Waals surface area contributed by atoms with E-state index in [1.165, 1.54) is 38.5 Å². The second-order valence-corrected chi connectivity index (χ2v) is 5.95. The molecule has 2 aliphatic rings. The summed E-state index contributed by atoms with van der Waals surface area (Å²) in [6.45, 7) is 3.13. The maximum atomic E-state index is 11.1. The Labute approximate surface area is 103 Å². The minimum Gasteiger partial charge on any atom is -0.480 e. The van der Waals surface area contributed by atoms with E-state index >= 15 is 0 Å². The van der Waals surface area contributed by atoms with Crippen LogP contribution in [0.5, 0.6) is 0 Å². The molecule has 0 amide bonds. The Morgan fingerprint density at radius 2 is 2.00 bits per heavy atom. The number of nitrogens with two attached hydrogens (primary N) is 1. The van der Waals surface area contributed by atoms with E-state index in [0.29, 0.717) is 12.6 Å². The Morgan fingerprint density at radius 1 is 1.35 bits per heavy atom. The third-order valence-electron chi connectivity index (χ3n) is 4.38. The number of rotatable bonds is 3. The summed E-state index contributed by atoms with van der Waals surface area (Å²) in [5.74, 6) is -0.113. The van der Waals surface area contributed by atoms with Crippen molar-refractivity contribution < 1.29 is 9.90 Å². The molecule has 0 aromatic carbocycles. The third kappa shape index (κ3) is 2.80. The molecule has 4 heteroatoms. The third-order valence-corrected chi connectivity index (χ3v) is 4.38. The van der Waals surface area contributed by atoms with Crippen LogP contribution < -0.4 is 5.73 Å². The number of aliphatic carboxylic acids is 1. The standard InChI is InChI=1S/C13H24N2O2/c1-13(14,12(16)17)9-15-8-4-6-10-5-2-3-7-11(10)15/h10-11H,2-9,14H2,1H3,(H,16,17)/t10-,11-,13?/m1/s1. The smallest absolute Gasteiger partial charge is 0.324 e. The molecule has 1 aliphatic heterocycles. The molecule has 1 aliphatic carbocycles. The zero-order valence-electron chi connectivity index (χ0n) is 10.7. The number of carboxylic acid groups (broad SMARTS) is 1. The first-order chi connectivity index (χ1) is 8.00. The summed E-state index contributed by atoms with van der Waals surface area (Å²) >= 11 is 0. The maximum Gasteiger partial charge on any atom is 0.324 e. The van der Waals surface area contributed by atoms with E-state index < -0.39 is 11.5 Å². The lowest BCUT2D eigenvalue weighted by Crippen LogP contribution is -2.58. The van der Waals surface area contributed by atoms with Gasteiger partial charge in [-0.2, -0.15) is 0 Å². The average molecular weight is 240 g/mol. The maximum absolute atomic E-state index is 11.1. The number of piperidine rings is 1. The molecule has 2 fully saturated rings. The zero-order valence-corrected chi connectivity index (χ0v) is 10.7. The van der Waals surface area contributed by atoms with Crippen molar-refractivity contribution in [2.75, 3.05) is 13.1 Å². The van der Waals surface area contributed by atoms with Gasteiger partial charge in [0, 0.05) is 12.6 Å². The highest BCUT2D eigenvalue weighted by atomic mass is 16.4. The lowest BCUT2D eigenvalue weighted by molar-refractivity contribution is -0.144. The van der Waals surface area contributed by atoms with Gasteiger partial charge in [-0.15, -0.1) is 0 Å². The van der Waals surface area contributed by atoms with E-state index in [1.807, 2.05) is 0 Å². The monoisotopic (exact) mass is 240 g/mol. The van der Waals surface area contributed by atoms with Crippen molar-refractivity contribution in [2.24, 2.45) is 11.7 Å². The van der Waals surface area contributed by atoms with Gasteiger partial charge < -0.3 is 10.8 Å². The Balaban J connectivity index is 2.01. The number of carbonyl (C=O) groups is 1. The lowest BCUT2D eigenvalue weighted by atomic mass is 9.78. The number of hydrogen-bond donors (Lipinski definition) is 2. The van der Waals surface area contributed by atoms with Gasteiger partial charge in [-0.05, 0) is 45.1 Å². The second kappa shape index (κ2) is 4.94. The molecule has 4 nitrogen and oxygen atoms in total. The number of likely N-dealkylation sites (tertiary alicyclic amines) is 1. The van der Waals surface area contributed by atoms with Crippen LogP contribution >= 0.6 is 0 Å². The summed E-state index contributed by atoms with van der Waals surface area (Å²) in [4.78, 5) is 13.4. The summed E-state index contributed by atoms with van der Waals surface area (Å²) in [5.41, 5.74) is 4.76. The van der Waals surface area contributed by atoms with E-state index in [1.54, 1.807) is 6.92 Å². The van der Waals surface area contributed by atoms with Crippen LogP contribution in [0.1, 0.15) is 45.4 Å². The molecule has 0 radical (unpaired) electrons. The van der Waals surface area contributed by atoms with Gasteiger partial charge in [0.2, 0.25) is 0 Å². The van der Waals surface area contributed by atoms with Gasteiger partial charge in [-0.1, -0.05) is 12.8 Å². The van der Waals surface area contributed by atoms with Gasteiger partial charge in [0.15, 0.2) is 0 Å². The van der Waals surface area contributed by atoms with Gasteiger partial charge in [0.25, 0.3) is 0 Å². The van der Waals surface area contributed by atoms with Crippen LogP contribution in [0, 0.1) is 5.92 Å². The molecule has 17 heavy (non-hydrogen) atoms. The predicted octanol–water partition coefficient (Wildman–Crippen LogP) is 1.44. The van der Waals surface area contributed by atoms with Gasteiger partial charge in [0.1, 0.15) is 5.54 Å². The minimum atomic E-state index is -1.11. The molecule has 1 heterocycles. The molecule has 3 N–H and O–H groups in total. The summed E-state index contributed by atoms with van der Waals surface area (Å²) in [5, 5.41) is 9.12. The molecular weight excluding hydrogens is 216 g/mol. The van der Waals surface area contributed by atoms with Crippen LogP contribution in [0.25, 0.3) is 0 Å². The summed E-state index contributed by atoms with van der Waals surface area (Å²) in [6.07, 6.45) is 7.67. The molecule has 1 unspecified atom stereocenters. The Bertz CT molecular complexity index is 289. The zero-order chi connectivity index (χ0) is 12.5.